The van der Waals surface area contributed by atoms with Gasteiger partial charge in [0.1, 0.15) is 0 Å². The molecule has 1 aliphatic rings. The maximum Gasteiger partial charge on any atom is 0.313 e. The Morgan fingerprint density at radius 2 is 1.74 bits per heavy atom. The van der Waals surface area contributed by atoms with Crippen LogP contribution in [0.5, 0.6) is 0 Å². The van der Waals surface area contributed by atoms with Crippen LogP contribution >= 0.6 is 11.3 Å². The van der Waals surface area contributed by atoms with Crippen LogP contribution in [-0.2, 0) is 20.7 Å². The summed E-state index contributed by atoms with van der Waals surface area (Å²) in [5.74, 6) is -0.584. The summed E-state index contributed by atoms with van der Waals surface area (Å²) >= 11 is 1.64. The number of rotatable bonds is 6. The third kappa shape index (κ3) is 4.79. The summed E-state index contributed by atoms with van der Waals surface area (Å²) in [5.41, 5.74) is 3.13. The SMILES string of the molecule is Cc1cccc(C)c1NC(=O)COC(=O)C1(Cc2nc3ccccc3s2)CCCCC1. The average molecular weight is 437 g/mol. The van der Waals surface area contributed by atoms with Crippen molar-refractivity contribution >= 4 is 39.1 Å². The first-order valence-electron chi connectivity index (χ1n) is 10.8. The Morgan fingerprint density at radius 1 is 1.03 bits per heavy atom. The monoisotopic (exact) mass is 436 g/mol. The second-order valence-electron chi connectivity index (χ2n) is 8.48. The highest BCUT2D eigenvalue weighted by molar-refractivity contribution is 7.18. The van der Waals surface area contributed by atoms with Gasteiger partial charge in [0, 0.05) is 12.1 Å². The summed E-state index contributed by atoms with van der Waals surface area (Å²) in [6.07, 6.45) is 5.25. The van der Waals surface area contributed by atoms with Crippen LogP contribution in [-0.4, -0.2) is 23.5 Å². The molecule has 5 nitrogen and oxygen atoms in total. The van der Waals surface area contributed by atoms with E-state index in [0.29, 0.717) is 6.42 Å². The summed E-state index contributed by atoms with van der Waals surface area (Å²) in [7, 11) is 0. The Bertz CT molecular complexity index is 1050. The molecule has 1 heterocycles. The van der Waals surface area contributed by atoms with Crippen LogP contribution in [0.15, 0.2) is 42.5 Å². The summed E-state index contributed by atoms with van der Waals surface area (Å²) in [4.78, 5) is 30.4. The van der Waals surface area contributed by atoms with Crippen molar-refractivity contribution in [2.24, 2.45) is 5.41 Å². The quantitative estimate of drug-likeness (QED) is 0.512. The van der Waals surface area contributed by atoms with E-state index in [1.165, 1.54) is 0 Å². The van der Waals surface area contributed by atoms with Crippen molar-refractivity contribution in [2.75, 3.05) is 11.9 Å². The number of carbonyl (C=O) groups is 2. The lowest BCUT2D eigenvalue weighted by molar-refractivity contribution is -0.160. The molecule has 1 amide bonds. The molecule has 1 saturated carbocycles. The molecule has 162 valence electrons. The molecule has 0 atom stereocenters. The topological polar surface area (TPSA) is 68.3 Å². The van der Waals surface area contributed by atoms with Gasteiger partial charge in [0.15, 0.2) is 6.61 Å². The summed E-state index contributed by atoms with van der Waals surface area (Å²) in [5, 5.41) is 3.85. The number of hydrogen-bond donors (Lipinski definition) is 1. The van der Waals surface area contributed by atoms with Crippen molar-refractivity contribution < 1.29 is 14.3 Å². The highest BCUT2D eigenvalue weighted by atomic mass is 32.1. The van der Waals surface area contributed by atoms with Crippen LogP contribution in [0.25, 0.3) is 10.2 Å². The van der Waals surface area contributed by atoms with E-state index in [0.717, 1.165) is 64.1 Å². The number of benzene rings is 2. The van der Waals surface area contributed by atoms with Gasteiger partial charge >= 0.3 is 5.97 Å². The second-order valence-corrected chi connectivity index (χ2v) is 9.60. The first-order chi connectivity index (χ1) is 15.0. The zero-order valence-electron chi connectivity index (χ0n) is 18.1. The van der Waals surface area contributed by atoms with Gasteiger partial charge < -0.3 is 10.1 Å². The molecule has 1 N–H and O–H groups in total. The van der Waals surface area contributed by atoms with Crippen molar-refractivity contribution in [2.45, 2.75) is 52.4 Å². The molecule has 0 bridgehead atoms. The molecular weight excluding hydrogens is 408 g/mol. The van der Waals surface area contributed by atoms with E-state index in [2.05, 4.69) is 11.4 Å². The fourth-order valence-corrected chi connectivity index (χ4v) is 5.55. The minimum Gasteiger partial charge on any atom is -0.455 e. The molecule has 0 spiro atoms. The Morgan fingerprint density at radius 3 is 2.45 bits per heavy atom. The van der Waals surface area contributed by atoms with Crippen LogP contribution in [0.3, 0.4) is 0 Å². The lowest BCUT2D eigenvalue weighted by Crippen LogP contribution is -2.38. The van der Waals surface area contributed by atoms with Gasteiger partial charge in [-0.3, -0.25) is 9.59 Å². The van der Waals surface area contributed by atoms with Gasteiger partial charge in [-0.05, 0) is 49.9 Å². The first kappa shape index (κ1) is 21.5. The molecule has 4 rings (SSSR count). The van der Waals surface area contributed by atoms with Crippen molar-refractivity contribution in [1.29, 1.82) is 0 Å². The molecule has 1 aliphatic carbocycles. The molecule has 31 heavy (non-hydrogen) atoms. The first-order valence-corrected chi connectivity index (χ1v) is 11.7. The van der Waals surface area contributed by atoms with Crippen molar-refractivity contribution in [3.63, 3.8) is 0 Å². The number of aromatic nitrogens is 1. The van der Waals surface area contributed by atoms with Gasteiger partial charge in [-0.1, -0.05) is 49.6 Å². The smallest absolute Gasteiger partial charge is 0.313 e. The van der Waals surface area contributed by atoms with Crippen LogP contribution in [0.1, 0.15) is 48.2 Å². The second kappa shape index (κ2) is 9.18. The maximum absolute atomic E-state index is 13.2. The van der Waals surface area contributed by atoms with E-state index in [4.69, 9.17) is 9.72 Å². The number of anilines is 1. The molecule has 1 aromatic heterocycles. The highest BCUT2D eigenvalue weighted by Crippen LogP contribution is 2.41. The molecule has 1 fully saturated rings. The third-order valence-corrected chi connectivity index (χ3v) is 7.19. The van der Waals surface area contributed by atoms with Gasteiger partial charge in [-0.25, -0.2) is 4.98 Å². The number of hydrogen-bond acceptors (Lipinski definition) is 5. The molecular formula is C25H28N2O3S. The molecule has 0 radical (unpaired) electrons. The van der Waals surface area contributed by atoms with Crippen molar-refractivity contribution in [1.82, 2.24) is 4.98 Å². The number of para-hydroxylation sites is 2. The third-order valence-electron chi connectivity index (χ3n) is 6.15. The van der Waals surface area contributed by atoms with Gasteiger partial charge in [-0.15, -0.1) is 11.3 Å². The molecule has 0 unspecified atom stereocenters. The van der Waals surface area contributed by atoms with E-state index < -0.39 is 5.41 Å². The van der Waals surface area contributed by atoms with E-state index in [1.54, 1.807) is 11.3 Å². The number of amides is 1. The molecule has 2 aromatic carbocycles. The number of fused-ring (bicyclic) bond motifs is 1. The van der Waals surface area contributed by atoms with Crippen molar-refractivity contribution in [3.05, 3.63) is 58.6 Å². The Balaban J connectivity index is 1.45. The van der Waals surface area contributed by atoms with E-state index in [-0.39, 0.29) is 18.5 Å². The normalized spacial score (nSPS) is 15.5. The molecule has 0 saturated heterocycles. The fourth-order valence-electron chi connectivity index (χ4n) is 4.44. The fraction of sp³-hybridized carbons (Fsp3) is 0.400. The number of ether oxygens (including phenoxy) is 1. The minimum absolute atomic E-state index is 0.270. The standard InChI is InChI=1S/C25H28N2O3S/c1-17-9-8-10-18(2)23(17)27-21(28)16-30-24(29)25(13-6-3-7-14-25)15-22-26-19-11-4-5-12-20(19)31-22/h4-5,8-12H,3,6-7,13-16H2,1-2H3,(H,27,28). The van der Waals surface area contributed by atoms with Gasteiger partial charge in [0.2, 0.25) is 0 Å². The zero-order chi connectivity index (χ0) is 21.8. The number of aryl methyl sites for hydroxylation is 2. The molecule has 6 heteroatoms. The number of thiazole rings is 1. The average Bonchev–Trinajstić information content (AvgIpc) is 3.17. The van der Waals surface area contributed by atoms with Crippen molar-refractivity contribution in [3.8, 4) is 0 Å². The van der Waals surface area contributed by atoms with E-state index in [1.807, 2.05) is 50.2 Å². The summed E-state index contributed by atoms with van der Waals surface area (Å²) in [6, 6.07) is 13.9. The number of nitrogens with one attached hydrogen (secondary N) is 1. The van der Waals surface area contributed by atoms with E-state index in [9.17, 15) is 9.59 Å². The highest BCUT2D eigenvalue weighted by Gasteiger charge is 2.42. The minimum atomic E-state index is -0.592. The van der Waals surface area contributed by atoms with Gasteiger partial charge in [-0.2, -0.15) is 0 Å². The van der Waals surface area contributed by atoms with Gasteiger partial charge in [0.25, 0.3) is 5.91 Å². The summed E-state index contributed by atoms with van der Waals surface area (Å²) in [6.45, 7) is 3.63. The number of nitrogens with zero attached hydrogens (tertiary/aromatic N) is 1. The Kier molecular flexibility index (Phi) is 6.37. The zero-order valence-corrected chi connectivity index (χ0v) is 18.9. The lowest BCUT2D eigenvalue weighted by atomic mass is 9.72. The maximum atomic E-state index is 13.2. The van der Waals surface area contributed by atoms with Crippen LogP contribution < -0.4 is 5.32 Å². The predicted octanol–water partition coefficient (Wildman–Crippen LogP) is 5.59. The summed E-state index contributed by atoms with van der Waals surface area (Å²) < 4.78 is 6.70. The molecule has 3 aromatic rings. The lowest BCUT2D eigenvalue weighted by Gasteiger charge is -2.34. The number of carbonyl (C=O) groups excluding carboxylic acids is 2. The van der Waals surface area contributed by atoms with Crippen LogP contribution in [0.2, 0.25) is 0 Å². The van der Waals surface area contributed by atoms with Gasteiger partial charge in [0.05, 0.1) is 20.6 Å². The number of esters is 1. The largest absolute Gasteiger partial charge is 0.455 e. The predicted molar refractivity (Wildman–Crippen MR) is 124 cm³/mol. The van der Waals surface area contributed by atoms with E-state index >= 15 is 0 Å². The van der Waals surface area contributed by atoms with Crippen LogP contribution in [0, 0.1) is 19.3 Å². The Labute approximate surface area is 186 Å². The van der Waals surface area contributed by atoms with Crippen LogP contribution in [0.4, 0.5) is 5.69 Å². The Hall–Kier alpha value is -2.73. The molecule has 0 aliphatic heterocycles.